The first-order valence-corrected chi connectivity index (χ1v) is 12.7. The lowest BCUT2D eigenvalue weighted by Gasteiger charge is -2.31. The summed E-state index contributed by atoms with van der Waals surface area (Å²) >= 11 is 1.54. The van der Waals surface area contributed by atoms with Crippen LogP contribution in [0.2, 0.25) is 0 Å². The number of anilines is 1. The van der Waals surface area contributed by atoms with Gasteiger partial charge in [0.25, 0.3) is 5.91 Å². The minimum Gasteiger partial charge on any atom is -0.343 e. The van der Waals surface area contributed by atoms with Crippen LogP contribution in [0.5, 0.6) is 0 Å². The minimum absolute atomic E-state index is 0.196. The molecule has 0 unspecified atom stereocenters. The number of allylic oxidation sites excluding steroid dienone is 2. The number of amides is 2. The molecule has 0 bridgehead atoms. The van der Waals surface area contributed by atoms with Gasteiger partial charge in [-0.15, -0.1) is 11.3 Å². The number of para-hydroxylation sites is 1. The summed E-state index contributed by atoms with van der Waals surface area (Å²) in [6.45, 7) is 5.54. The van der Waals surface area contributed by atoms with E-state index in [1.807, 2.05) is 53.6 Å². The van der Waals surface area contributed by atoms with E-state index in [9.17, 15) is 9.59 Å². The number of rotatable bonds is 7. The van der Waals surface area contributed by atoms with Crippen molar-refractivity contribution in [3.63, 3.8) is 0 Å². The standard InChI is InChI=1S/C28H31N3O2S/c1-3-4-5-10-26(32)31-17-15-22(16-18-31)28-30-25(19-34-28)27(33)29-24-9-7-6-8-23(24)21-13-11-20(2)12-14-21/h3-4,6-9,11-14,19,22H,5,10,15-18H2,1-2H3,(H,29,33). The number of likely N-dealkylation sites (tertiary alicyclic amines) is 1. The van der Waals surface area contributed by atoms with E-state index in [2.05, 4.69) is 41.5 Å². The molecule has 0 aliphatic carbocycles. The Morgan fingerprint density at radius 3 is 2.59 bits per heavy atom. The van der Waals surface area contributed by atoms with Gasteiger partial charge in [0, 0.05) is 42.1 Å². The normalized spacial score (nSPS) is 14.5. The third kappa shape index (κ3) is 5.81. The quantitative estimate of drug-likeness (QED) is 0.402. The van der Waals surface area contributed by atoms with Crippen LogP contribution in [0, 0.1) is 6.92 Å². The third-order valence-electron chi connectivity index (χ3n) is 6.25. The summed E-state index contributed by atoms with van der Waals surface area (Å²) < 4.78 is 0. The monoisotopic (exact) mass is 473 g/mol. The summed E-state index contributed by atoms with van der Waals surface area (Å²) in [5.74, 6) is 0.327. The van der Waals surface area contributed by atoms with Gasteiger partial charge in [0.1, 0.15) is 5.69 Å². The fourth-order valence-electron chi connectivity index (χ4n) is 4.25. The second-order valence-corrected chi connectivity index (χ2v) is 9.59. The van der Waals surface area contributed by atoms with Crippen LogP contribution in [0.15, 0.2) is 66.1 Å². The van der Waals surface area contributed by atoms with Crippen LogP contribution >= 0.6 is 11.3 Å². The maximum atomic E-state index is 13.0. The Labute approximate surface area is 205 Å². The number of carbonyl (C=O) groups excluding carboxylic acids is 2. The molecule has 2 amide bonds. The van der Waals surface area contributed by atoms with E-state index in [-0.39, 0.29) is 11.8 Å². The van der Waals surface area contributed by atoms with E-state index in [0.29, 0.717) is 18.0 Å². The fraction of sp³-hybridized carbons (Fsp3) is 0.321. The fourth-order valence-corrected chi connectivity index (χ4v) is 5.22. The van der Waals surface area contributed by atoms with Crippen LogP contribution in [-0.2, 0) is 4.79 Å². The van der Waals surface area contributed by atoms with E-state index in [1.165, 1.54) is 16.9 Å². The van der Waals surface area contributed by atoms with Gasteiger partial charge in [0.05, 0.1) is 5.01 Å². The predicted molar refractivity (Wildman–Crippen MR) is 139 cm³/mol. The van der Waals surface area contributed by atoms with Crippen LogP contribution in [-0.4, -0.2) is 34.8 Å². The molecule has 0 spiro atoms. The molecule has 2 aromatic carbocycles. The maximum absolute atomic E-state index is 13.0. The lowest BCUT2D eigenvalue weighted by Crippen LogP contribution is -2.37. The largest absolute Gasteiger partial charge is 0.343 e. The molecule has 1 aromatic heterocycles. The molecule has 0 atom stereocenters. The number of piperidine rings is 1. The highest BCUT2D eigenvalue weighted by atomic mass is 32.1. The molecular weight excluding hydrogens is 442 g/mol. The van der Waals surface area contributed by atoms with Gasteiger partial charge in [0.15, 0.2) is 0 Å². The molecule has 0 saturated carbocycles. The number of nitrogens with one attached hydrogen (secondary N) is 1. The number of aryl methyl sites for hydroxylation is 1. The van der Waals surface area contributed by atoms with Crippen LogP contribution in [0.25, 0.3) is 11.1 Å². The Bertz CT molecular complexity index is 1160. The number of hydrogen-bond donors (Lipinski definition) is 1. The molecule has 0 radical (unpaired) electrons. The summed E-state index contributed by atoms with van der Waals surface area (Å²) in [6.07, 6.45) is 7.16. The lowest BCUT2D eigenvalue weighted by atomic mass is 9.97. The predicted octanol–water partition coefficient (Wildman–Crippen LogP) is 6.43. The van der Waals surface area contributed by atoms with Crippen molar-refractivity contribution in [1.29, 1.82) is 0 Å². The highest BCUT2D eigenvalue weighted by Gasteiger charge is 2.26. The molecule has 3 aromatic rings. The van der Waals surface area contributed by atoms with E-state index in [0.717, 1.165) is 54.2 Å². The molecule has 5 nitrogen and oxygen atoms in total. The van der Waals surface area contributed by atoms with Gasteiger partial charge in [-0.2, -0.15) is 0 Å². The number of carbonyl (C=O) groups is 2. The van der Waals surface area contributed by atoms with Crippen molar-refractivity contribution in [3.8, 4) is 11.1 Å². The van der Waals surface area contributed by atoms with E-state index in [4.69, 9.17) is 0 Å². The summed E-state index contributed by atoms with van der Waals surface area (Å²) in [5.41, 5.74) is 4.47. The zero-order valence-corrected chi connectivity index (χ0v) is 20.6. The van der Waals surface area contributed by atoms with Crippen molar-refractivity contribution in [2.24, 2.45) is 0 Å². The average molecular weight is 474 g/mol. The third-order valence-corrected chi connectivity index (χ3v) is 7.26. The maximum Gasteiger partial charge on any atom is 0.275 e. The zero-order chi connectivity index (χ0) is 23.9. The van der Waals surface area contributed by atoms with E-state index in [1.54, 1.807) is 0 Å². The summed E-state index contributed by atoms with van der Waals surface area (Å²) in [5, 5.41) is 5.87. The molecule has 1 saturated heterocycles. The van der Waals surface area contributed by atoms with Crippen LogP contribution in [0.4, 0.5) is 5.69 Å². The highest BCUT2D eigenvalue weighted by molar-refractivity contribution is 7.10. The SMILES string of the molecule is CC=CCCC(=O)N1CCC(c2nc(C(=O)Nc3ccccc3-c3ccc(C)cc3)cs2)CC1. The summed E-state index contributed by atoms with van der Waals surface area (Å²) in [6, 6.07) is 16.1. The van der Waals surface area contributed by atoms with Crippen molar-refractivity contribution in [2.45, 2.75) is 45.4 Å². The van der Waals surface area contributed by atoms with Gasteiger partial charge in [-0.05, 0) is 44.7 Å². The second kappa shape index (κ2) is 11.3. The average Bonchev–Trinajstić information content (AvgIpc) is 3.36. The lowest BCUT2D eigenvalue weighted by molar-refractivity contribution is -0.132. The Morgan fingerprint density at radius 1 is 1.12 bits per heavy atom. The first-order valence-electron chi connectivity index (χ1n) is 11.9. The topological polar surface area (TPSA) is 62.3 Å². The molecule has 34 heavy (non-hydrogen) atoms. The van der Waals surface area contributed by atoms with Crippen molar-refractivity contribution in [3.05, 3.63) is 82.3 Å². The van der Waals surface area contributed by atoms with Crippen molar-refractivity contribution < 1.29 is 9.59 Å². The molecule has 1 fully saturated rings. The summed E-state index contributed by atoms with van der Waals surface area (Å²) in [7, 11) is 0. The van der Waals surface area contributed by atoms with Crippen molar-refractivity contribution >= 4 is 28.8 Å². The minimum atomic E-state index is -0.196. The molecular formula is C28H31N3O2S. The molecule has 1 aliphatic rings. The smallest absolute Gasteiger partial charge is 0.275 e. The zero-order valence-electron chi connectivity index (χ0n) is 19.8. The summed E-state index contributed by atoms with van der Waals surface area (Å²) in [4.78, 5) is 32.0. The van der Waals surface area contributed by atoms with Crippen LogP contribution in [0.3, 0.4) is 0 Å². The highest BCUT2D eigenvalue weighted by Crippen LogP contribution is 2.32. The second-order valence-electron chi connectivity index (χ2n) is 8.70. The van der Waals surface area contributed by atoms with Gasteiger partial charge in [0.2, 0.25) is 5.91 Å². The Balaban J connectivity index is 1.38. The first kappa shape index (κ1) is 23.9. The van der Waals surface area contributed by atoms with E-state index >= 15 is 0 Å². The molecule has 1 aliphatic heterocycles. The number of aromatic nitrogens is 1. The van der Waals surface area contributed by atoms with Crippen molar-refractivity contribution in [1.82, 2.24) is 9.88 Å². The molecule has 6 heteroatoms. The number of hydrogen-bond acceptors (Lipinski definition) is 4. The number of nitrogens with zero attached hydrogens (tertiary/aromatic N) is 2. The number of benzene rings is 2. The molecule has 176 valence electrons. The Kier molecular flexibility index (Phi) is 7.91. The van der Waals surface area contributed by atoms with E-state index < -0.39 is 0 Å². The van der Waals surface area contributed by atoms with Gasteiger partial charge in [-0.3, -0.25) is 9.59 Å². The molecule has 1 N–H and O–H groups in total. The Hall–Kier alpha value is -3.25. The van der Waals surface area contributed by atoms with Gasteiger partial charge in [-0.25, -0.2) is 4.98 Å². The van der Waals surface area contributed by atoms with Crippen molar-refractivity contribution in [2.75, 3.05) is 18.4 Å². The molecule has 4 rings (SSSR count). The first-order chi connectivity index (χ1) is 16.5. The van der Waals surface area contributed by atoms with Gasteiger partial charge < -0.3 is 10.2 Å². The van der Waals surface area contributed by atoms with Crippen LogP contribution in [0.1, 0.15) is 59.6 Å². The van der Waals surface area contributed by atoms with Gasteiger partial charge in [-0.1, -0.05) is 60.2 Å². The van der Waals surface area contributed by atoms with Gasteiger partial charge >= 0.3 is 0 Å². The van der Waals surface area contributed by atoms with Crippen LogP contribution < -0.4 is 5.32 Å². The Morgan fingerprint density at radius 2 is 1.85 bits per heavy atom. The molecule has 2 heterocycles. The number of thiazole rings is 1.